The number of rotatable bonds is 2. The Balaban J connectivity index is 2.40. The molecule has 3 heterocycles. The van der Waals surface area contributed by atoms with Gasteiger partial charge in [-0.25, -0.2) is 4.98 Å². The number of aryl methyl sites for hydroxylation is 1. The first kappa shape index (κ1) is 11.5. The lowest BCUT2D eigenvalue weighted by molar-refractivity contribution is 0.583. The van der Waals surface area contributed by atoms with Crippen LogP contribution in [0.3, 0.4) is 0 Å². The summed E-state index contributed by atoms with van der Waals surface area (Å²) in [7, 11) is 0. The highest BCUT2D eigenvalue weighted by Crippen LogP contribution is 2.35. The van der Waals surface area contributed by atoms with Gasteiger partial charge in [-0.05, 0) is 19.1 Å². The lowest BCUT2D eigenvalue weighted by Crippen LogP contribution is -2.10. The van der Waals surface area contributed by atoms with Crippen LogP contribution < -0.4 is 5.56 Å². The zero-order valence-corrected chi connectivity index (χ0v) is 11.1. The third-order valence-electron chi connectivity index (χ3n) is 2.68. The third kappa shape index (κ3) is 1.67. The van der Waals surface area contributed by atoms with Crippen LogP contribution in [0, 0.1) is 6.92 Å². The minimum Gasteiger partial charge on any atom is -0.464 e. The highest BCUT2D eigenvalue weighted by Gasteiger charge is 2.17. The molecular weight excluding hydrogens is 272 g/mol. The van der Waals surface area contributed by atoms with Crippen molar-refractivity contribution in [1.82, 2.24) is 9.97 Å². The zero-order chi connectivity index (χ0) is 12.7. The molecule has 0 aliphatic heterocycles. The number of alkyl halides is 1. The van der Waals surface area contributed by atoms with E-state index in [1.807, 2.05) is 13.0 Å². The predicted octanol–water partition coefficient (Wildman–Crippen LogP) is 3.29. The van der Waals surface area contributed by atoms with Gasteiger partial charge in [-0.15, -0.1) is 22.9 Å². The van der Waals surface area contributed by atoms with E-state index in [4.69, 9.17) is 16.0 Å². The molecule has 0 atom stereocenters. The summed E-state index contributed by atoms with van der Waals surface area (Å²) in [6.45, 7) is 1.95. The second kappa shape index (κ2) is 4.26. The van der Waals surface area contributed by atoms with E-state index in [1.165, 1.54) is 11.3 Å². The first-order valence-corrected chi connectivity index (χ1v) is 6.68. The van der Waals surface area contributed by atoms with Crippen LogP contribution >= 0.6 is 22.9 Å². The molecule has 0 saturated heterocycles. The second-order valence-corrected chi connectivity index (χ2v) is 5.31. The second-order valence-electron chi connectivity index (χ2n) is 3.84. The highest BCUT2D eigenvalue weighted by atomic mass is 35.5. The van der Waals surface area contributed by atoms with E-state index < -0.39 is 0 Å². The molecule has 0 saturated carbocycles. The number of fused-ring (bicyclic) bond motifs is 1. The van der Waals surface area contributed by atoms with E-state index in [1.54, 1.807) is 12.3 Å². The van der Waals surface area contributed by atoms with E-state index in [9.17, 15) is 4.79 Å². The molecule has 0 fully saturated rings. The van der Waals surface area contributed by atoms with E-state index in [-0.39, 0.29) is 11.4 Å². The molecule has 0 aliphatic rings. The molecule has 0 amide bonds. The largest absolute Gasteiger partial charge is 0.464 e. The maximum Gasteiger partial charge on any atom is 0.260 e. The Morgan fingerprint density at radius 3 is 3.06 bits per heavy atom. The molecule has 1 N–H and O–H groups in total. The van der Waals surface area contributed by atoms with Gasteiger partial charge < -0.3 is 9.40 Å². The Morgan fingerprint density at radius 1 is 1.56 bits per heavy atom. The minimum absolute atomic E-state index is 0.175. The van der Waals surface area contributed by atoms with Crippen LogP contribution in [0.1, 0.15) is 10.7 Å². The molecular formula is C12H9ClN2O2S. The van der Waals surface area contributed by atoms with Gasteiger partial charge in [0.1, 0.15) is 16.4 Å². The summed E-state index contributed by atoms with van der Waals surface area (Å²) in [6.07, 6.45) is 1.59. The summed E-state index contributed by atoms with van der Waals surface area (Å²) in [6, 6.07) is 3.64. The Labute approximate surface area is 111 Å². The molecule has 3 aromatic rings. The summed E-state index contributed by atoms with van der Waals surface area (Å²) in [4.78, 5) is 20.8. The fraction of sp³-hybridized carbons (Fsp3) is 0.167. The molecule has 0 aliphatic carbocycles. The van der Waals surface area contributed by atoms with Gasteiger partial charge in [0.15, 0.2) is 0 Å². The van der Waals surface area contributed by atoms with Crippen LogP contribution in [0.25, 0.3) is 21.5 Å². The molecule has 18 heavy (non-hydrogen) atoms. The number of furan rings is 1. The number of halogens is 1. The fourth-order valence-electron chi connectivity index (χ4n) is 1.94. The average Bonchev–Trinajstić information content (AvgIpc) is 2.95. The van der Waals surface area contributed by atoms with Crippen molar-refractivity contribution < 1.29 is 4.42 Å². The van der Waals surface area contributed by atoms with Gasteiger partial charge in [0, 0.05) is 10.4 Å². The summed E-state index contributed by atoms with van der Waals surface area (Å²) < 4.78 is 5.38. The van der Waals surface area contributed by atoms with Crippen molar-refractivity contribution in [3.8, 4) is 11.3 Å². The highest BCUT2D eigenvalue weighted by molar-refractivity contribution is 7.19. The molecule has 0 bridgehead atoms. The summed E-state index contributed by atoms with van der Waals surface area (Å²) in [5.41, 5.74) is 0.640. The maximum atomic E-state index is 12.1. The van der Waals surface area contributed by atoms with Crippen LogP contribution in [-0.2, 0) is 5.88 Å². The van der Waals surface area contributed by atoms with Crippen molar-refractivity contribution in [3.63, 3.8) is 0 Å². The van der Waals surface area contributed by atoms with Crippen LogP contribution in [0.5, 0.6) is 0 Å². The lowest BCUT2D eigenvalue weighted by atomic mass is 10.1. The lowest BCUT2D eigenvalue weighted by Gasteiger charge is -1.97. The number of aromatic nitrogens is 2. The summed E-state index contributed by atoms with van der Waals surface area (Å²) >= 11 is 7.17. The van der Waals surface area contributed by atoms with Crippen molar-refractivity contribution in [2.24, 2.45) is 0 Å². The molecule has 3 aromatic heterocycles. The van der Waals surface area contributed by atoms with Gasteiger partial charge in [-0.3, -0.25) is 4.79 Å². The quantitative estimate of drug-likeness (QED) is 0.733. The fourth-order valence-corrected chi connectivity index (χ4v) is 3.12. The molecule has 92 valence electrons. The number of nitrogens with zero attached hydrogens (tertiary/aromatic N) is 1. The number of thiophene rings is 1. The molecule has 3 rings (SSSR count). The zero-order valence-electron chi connectivity index (χ0n) is 9.49. The van der Waals surface area contributed by atoms with Crippen molar-refractivity contribution in [2.75, 3.05) is 0 Å². The van der Waals surface area contributed by atoms with Gasteiger partial charge in [-0.2, -0.15) is 0 Å². The van der Waals surface area contributed by atoms with Gasteiger partial charge in [0.2, 0.25) is 0 Å². The first-order valence-electron chi connectivity index (χ1n) is 5.33. The van der Waals surface area contributed by atoms with Gasteiger partial charge in [0.25, 0.3) is 5.56 Å². The molecule has 6 heteroatoms. The normalized spacial score (nSPS) is 11.2. The van der Waals surface area contributed by atoms with E-state index >= 15 is 0 Å². The van der Waals surface area contributed by atoms with Crippen molar-refractivity contribution in [2.45, 2.75) is 12.8 Å². The molecule has 0 radical (unpaired) electrons. The summed E-state index contributed by atoms with van der Waals surface area (Å²) in [5.74, 6) is 1.36. The Kier molecular flexibility index (Phi) is 2.72. The molecule has 0 aromatic carbocycles. The Morgan fingerprint density at radius 2 is 2.39 bits per heavy atom. The Bertz CT molecular complexity index is 758. The van der Waals surface area contributed by atoms with Crippen molar-refractivity contribution >= 4 is 33.2 Å². The first-order chi connectivity index (χ1) is 8.70. The van der Waals surface area contributed by atoms with Crippen molar-refractivity contribution in [3.05, 3.63) is 39.5 Å². The topological polar surface area (TPSA) is 58.9 Å². The number of hydrogen-bond donors (Lipinski definition) is 1. The maximum absolute atomic E-state index is 12.1. The van der Waals surface area contributed by atoms with E-state index in [2.05, 4.69) is 9.97 Å². The van der Waals surface area contributed by atoms with Crippen molar-refractivity contribution in [1.29, 1.82) is 0 Å². The predicted molar refractivity (Wildman–Crippen MR) is 72.2 cm³/mol. The molecule has 4 nitrogen and oxygen atoms in total. The van der Waals surface area contributed by atoms with Crippen LogP contribution in [0.15, 0.2) is 27.6 Å². The number of nitrogens with one attached hydrogen (secondary N) is 1. The standard InChI is InChI=1S/C12H9ClN2O2S/c1-6-9(7-3-2-4-17-7)10-11(16)14-8(5-13)15-12(10)18-6/h2-4H,5H2,1H3,(H,14,15,16). The van der Waals surface area contributed by atoms with Gasteiger partial charge in [0.05, 0.1) is 17.5 Å². The van der Waals surface area contributed by atoms with E-state index in [0.29, 0.717) is 21.8 Å². The smallest absolute Gasteiger partial charge is 0.260 e. The van der Waals surface area contributed by atoms with Gasteiger partial charge >= 0.3 is 0 Å². The number of aromatic amines is 1. The SMILES string of the molecule is Cc1sc2nc(CCl)[nH]c(=O)c2c1-c1ccco1. The average molecular weight is 281 g/mol. The molecule has 0 unspecified atom stereocenters. The monoisotopic (exact) mass is 280 g/mol. The minimum atomic E-state index is -0.175. The number of hydrogen-bond acceptors (Lipinski definition) is 4. The number of H-pyrrole nitrogens is 1. The summed E-state index contributed by atoms with van der Waals surface area (Å²) in [5, 5.41) is 0.571. The van der Waals surface area contributed by atoms with Crippen LogP contribution in [0.4, 0.5) is 0 Å². The van der Waals surface area contributed by atoms with E-state index in [0.717, 1.165) is 10.4 Å². The molecule has 0 spiro atoms. The van der Waals surface area contributed by atoms with Gasteiger partial charge in [-0.1, -0.05) is 0 Å². The Hall–Kier alpha value is -1.59. The third-order valence-corrected chi connectivity index (χ3v) is 3.93. The van der Waals surface area contributed by atoms with Crippen LogP contribution in [-0.4, -0.2) is 9.97 Å². The van der Waals surface area contributed by atoms with Crippen LogP contribution in [0.2, 0.25) is 0 Å².